The van der Waals surface area contributed by atoms with Crippen molar-refractivity contribution >= 4 is 23.5 Å². The zero-order chi connectivity index (χ0) is 23.9. The van der Waals surface area contributed by atoms with Crippen LogP contribution < -0.4 is 0 Å². The summed E-state index contributed by atoms with van der Waals surface area (Å²) in [6.07, 6.45) is -3.06. The Balaban J connectivity index is 0.000000451. The topological polar surface area (TPSA) is 79.3 Å². The number of rotatable bonds is 7. The third-order valence-electron chi connectivity index (χ3n) is 5.51. The molecule has 2 saturated heterocycles. The van der Waals surface area contributed by atoms with Gasteiger partial charge in [-0.1, -0.05) is 29.8 Å². The molecule has 32 heavy (non-hydrogen) atoms. The number of alkyl halides is 3. The molecular formula is C21H28ClF3N2O5. The first-order valence-corrected chi connectivity index (χ1v) is 10.5. The lowest BCUT2D eigenvalue weighted by Gasteiger charge is -2.50. The fourth-order valence-corrected chi connectivity index (χ4v) is 3.94. The van der Waals surface area contributed by atoms with Crippen molar-refractivity contribution in [3.63, 3.8) is 0 Å². The van der Waals surface area contributed by atoms with Gasteiger partial charge in [0.15, 0.2) is 0 Å². The summed E-state index contributed by atoms with van der Waals surface area (Å²) in [5, 5.41) is 7.95. The van der Waals surface area contributed by atoms with Gasteiger partial charge >= 0.3 is 12.1 Å². The molecule has 180 valence electrons. The summed E-state index contributed by atoms with van der Waals surface area (Å²) in [5.74, 6) is -2.25. The standard InChI is InChI=1S/C19H27ClN2O3.C2HF3O2/c1-21(2)18(23)12-24-9-7-16-8-10-25-19(16)13-22(14-19)11-15-5-3-4-6-17(15)20;3-2(4,5)1(6)7/h3-6,16H,7-14H2,1-2H3;(H,6,7). The van der Waals surface area contributed by atoms with Crippen LogP contribution in [-0.2, 0) is 25.6 Å². The van der Waals surface area contributed by atoms with Gasteiger partial charge in [0.05, 0.1) is 5.60 Å². The van der Waals surface area contributed by atoms with Gasteiger partial charge in [0.25, 0.3) is 0 Å². The largest absolute Gasteiger partial charge is 0.490 e. The van der Waals surface area contributed by atoms with E-state index in [1.807, 2.05) is 18.2 Å². The van der Waals surface area contributed by atoms with Crippen LogP contribution in [0.15, 0.2) is 24.3 Å². The number of likely N-dealkylation sites (N-methyl/N-ethyl adjacent to an activating group) is 1. The second-order valence-electron chi connectivity index (χ2n) is 8.07. The summed E-state index contributed by atoms with van der Waals surface area (Å²) in [5.41, 5.74) is 1.13. The summed E-state index contributed by atoms with van der Waals surface area (Å²) < 4.78 is 43.4. The Morgan fingerprint density at radius 1 is 1.31 bits per heavy atom. The van der Waals surface area contributed by atoms with Crippen molar-refractivity contribution in [1.82, 2.24) is 9.80 Å². The molecule has 1 spiro atoms. The number of hydrogen-bond donors (Lipinski definition) is 1. The van der Waals surface area contributed by atoms with Crippen LogP contribution in [0.2, 0.25) is 5.02 Å². The molecule has 0 saturated carbocycles. The van der Waals surface area contributed by atoms with Crippen LogP contribution in [0.3, 0.4) is 0 Å². The normalized spacial score (nSPS) is 19.8. The predicted octanol–water partition coefficient (Wildman–Crippen LogP) is 3.06. The molecule has 0 aliphatic carbocycles. The van der Waals surface area contributed by atoms with E-state index in [0.29, 0.717) is 12.5 Å². The molecule has 2 fully saturated rings. The second-order valence-corrected chi connectivity index (χ2v) is 8.47. The maximum atomic E-state index is 11.5. The van der Waals surface area contributed by atoms with Crippen LogP contribution in [0.25, 0.3) is 0 Å². The average Bonchev–Trinajstić information content (AvgIpc) is 3.10. The zero-order valence-corrected chi connectivity index (χ0v) is 18.8. The molecule has 1 N–H and O–H groups in total. The molecule has 0 radical (unpaired) electrons. The lowest BCUT2D eigenvalue weighted by atomic mass is 9.79. The number of likely N-dealkylation sites (tertiary alicyclic amines) is 1. The van der Waals surface area contributed by atoms with Crippen molar-refractivity contribution in [2.75, 3.05) is 47.0 Å². The predicted molar refractivity (Wildman–Crippen MR) is 111 cm³/mol. The van der Waals surface area contributed by atoms with E-state index in [4.69, 9.17) is 31.0 Å². The SMILES string of the molecule is CN(C)C(=O)COCCC1CCOC12CN(Cc1ccccc1Cl)C2.O=C(O)C(F)(F)F. The number of carboxylic acids is 1. The van der Waals surface area contributed by atoms with Crippen molar-refractivity contribution in [3.05, 3.63) is 34.9 Å². The molecule has 2 aliphatic rings. The number of benzene rings is 1. The Morgan fingerprint density at radius 2 is 1.94 bits per heavy atom. The molecule has 2 aliphatic heterocycles. The fourth-order valence-electron chi connectivity index (χ4n) is 3.75. The molecule has 0 aromatic heterocycles. The number of carbonyl (C=O) groups excluding carboxylic acids is 1. The first kappa shape index (κ1) is 26.4. The first-order valence-electron chi connectivity index (χ1n) is 10.1. The lowest BCUT2D eigenvalue weighted by Crippen LogP contribution is -2.64. The van der Waals surface area contributed by atoms with E-state index in [2.05, 4.69) is 11.0 Å². The van der Waals surface area contributed by atoms with Crippen molar-refractivity contribution in [3.8, 4) is 0 Å². The van der Waals surface area contributed by atoms with Crippen LogP contribution >= 0.6 is 11.6 Å². The van der Waals surface area contributed by atoms with Crippen LogP contribution in [0, 0.1) is 5.92 Å². The Hall–Kier alpha value is -1.88. The van der Waals surface area contributed by atoms with Crippen LogP contribution in [0.4, 0.5) is 13.2 Å². The van der Waals surface area contributed by atoms with Gasteiger partial charge < -0.3 is 19.5 Å². The molecule has 2 heterocycles. The minimum Gasteiger partial charge on any atom is -0.475 e. The third kappa shape index (κ3) is 7.33. The van der Waals surface area contributed by atoms with Gasteiger partial charge in [0.2, 0.25) is 5.91 Å². The molecule has 0 bridgehead atoms. The minimum absolute atomic E-state index is 0.00643. The van der Waals surface area contributed by atoms with E-state index in [0.717, 1.165) is 44.1 Å². The Labute approximate surface area is 190 Å². The smallest absolute Gasteiger partial charge is 0.475 e. The van der Waals surface area contributed by atoms with Crippen molar-refractivity contribution < 1.29 is 37.3 Å². The van der Waals surface area contributed by atoms with Gasteiger partial charge in [-0.05, 0) is 30.4 Å². The maximum absolute atomic E-state index is 11.5. The van der Waals surface area contributed by atoms with E-state index >= 15 is 0 Å². The number of carbonyl (C=O) groups is 2. The van der Waals surface area contributed by atoms with Crippen LogP contribution in [0.5, 0.6) is 0 Å². The van der Waals surface area contributed by atoms with Crippen LogP contribution in [0.1, 0.15) is 18.4 Å². The number of amides is 1. The molecule has 1 unspecified atom stereocenters. The maximum Gasteiger partial charge on any atom is 0.490 e. The first-order chi connectivity index (χ1) is 14.9. The Kier molecular flexibility index (Phi) is 9.32. The highest BCUT2D eigenvalue weighted by atomic mass is 35.5. The summed E-state index contributed by atoms with van der Waals surface area (Å²) >= 11 is 6.26. The Morgan fingerprint density at radius 3 is 2.50 bits per heavy atom. The molecule has 3 rings (SSSR count). The van der Waals surface area contributed by atoms with Gasteiger partial charge in [0, 0.05) is 52.0 Å². The van der Waals surface area contributed by atoms with E-state index in [9.17, 15) is 18.0 Å². The highest BCUT2D eigenvalue weighted by molar-refractivity contribution is 6.31. The van der Waals surface area contributed by atoms with Gasteiger partial charge in [0.1, 0.15) is 6.61 Å². The van der Waals surface area contributed by atoms with Gasteiger partial charge in [-0.2, -0.15) is 13.2 Å². The minimum atomic E-state index is -5.08. The quantitative estimate of drug-likeness (QED) is 0.604. The van der Waals surface area contributed by atoms with E-state index in [1.54, 1.807) is 19.0 Å². The number of carboxylic acid groups (broad SMARTS) is 1. The van der Waals surface area contributed by atoms with E-state index in [-0.39, 0.29) is 18.1 Å². The molecule has 1 aromatic carbocycles. The van der Waals surface area contributed by atoms with Crippen molar-refractivity contribution in [2.24, 2.45) is 5.92 Å². The average molecular weight is 481 g/mol. The second kappa shape index (κ2) is 11.3. The lowest BCUT2D eigenvalue weighted by molar-refractivity contribution is -0.192. The highest BCUT2D eigenvalue weighted by Crippen LogP contribution is 2.42. The summed E-state index contributed by atoms with van der Waals surface area (Å²) in [6, 6.07) is 8.00. The number of ether oxygens (including phenoxy) is 2. The van der Waals surface area contributed by atoms with Crippen molar-refractivity contribution in [1.29, 1.82) is 0 Å². The monoisotopic (exact) mass is 480 g/mol. The number of nitrogens with zero attached hydrogens (tertiary/aromatic N) is 2. The molecule has 7 nitrogen and oxygen atoms in total. The summed E-state index contributed by atoms with van der Waals surface area (Å²) in [7, 11) is 3.49. The Bertz CT molecular complexity index is 785. The number of halogens is 4. The highest BCUT2D eigenvalue weighted by Gasteiger charge is 2.52. The van der Waals surface area contributed by atoms with Crippen LogP contribution in [-0.4, -0.2) is 85.6 Å². The molecule has 1 atom stereocenters. The summed E-state index contributed by atoms with van der Waals surface area (Å²) in [4.78, 5) is 24.4. The van der Waals surface area contributed by atoms with E-state index < -0.39 is 12.1 Å². The molecular weight excluding hydrogens is 453 g/mol. The van der Waals surface area contributed by atoms with Gasteiger partial charge in [-0.3, -0.25) is 9.69 Å². The third-order valence-corrected chi connectivity index (χ3v) is 5.88. The van der Waals surface area contributed by atoms with Crippen molar-refractivity contribution in [2.45, 2.75) is 31.2 Å². The molecule has 11 heteroatoms. The summed E-state index contributed by atoms with van der Waals surface area (Å²) in [6.45, 7) is 4.34. The zero-order valence-electron chi connectivity index (χ0n) is 18.0. The van der Waals surface area contributed by atoms with Gasteiger partial charge in [-0.15, -0.1) is 0 Å². The molecule has 1 amide bonds. The van der Waals surface area contributed by atoms with E-state index in [1.165, 1.54) is 5.56 Å². The fraction of sp³-hybridized carbons (Fsp3) is 0.619. The molecule has 1 aromatic rings. The number of aliphatic carboxylic acids is 1. The van der Waals surface area contributed by atoms with Gasteiger partial charge in [-0.25, -0.2) is 4.79 Å². The number of hydrogen-bond acceptors (Lipinski definition) is 5.